The normalized spacial score (nSPS) is 11.7. The van der Waals surface area contributed by atoms with Crippen LogP contribution in [0.5, 0.6) is 11.5 Å². The number of primary amides is 1. The van der Waals surface area contributed by atoms with Crippen LogP contribution in [0.4, 0.5) is 0 Å². The summed E-state index contributed by atoms with van der Waals surface area (Å²) >= 11 is 0. The lowest BCUT2D eigenvalue weighted by atomic mass is 9.86. The lowest BCUT2D eigenvalue weighted by molar-refractivity contribution is -0.119. The second kappa shape index (κ2) is 9.85. The first kappa shape index (κ1) is 21.3. The van der Waals surface area contributed by atoms with Crippen LogP contribution in [0.1, 0.15) is 11.5 Å². The van der Waals surface area contributed by atoms with Crippen LogP contribution >= 0.6 is 0 Å². The molecule has 0 bridgehead atoms. The van der Waals surface area contributed by atoms with Gasteiger partial charge in [0.25, 0.3) is 0 Å². The first-order valence-electron chi connectivity index (χ1n) is 9.22. The predicted octanol–water partition coefficient (Wildman–Crippen LogP) is 0.815. The highest BCUT2D eigenvalue weighted by atomic mass is 16.5. The number of carbonyl (C=O) groups is 1. The minimum Gasteiger partial charge on any atom is -0.497 e. The number of hydrogen-bond donors (Lipinski definition) is 3. The Kier molecular flexibility index (Phi) is 6.99. The number of aromatic nitrogens is 3. The third kappa shape index (κ3) is 5.78. The molecule has 0 spiro atoms. The zero-order chi connectivity index (χ0) is 21.5. The average Bonchev–Trinajstić information content (AvgIpc) is 3.20. The summed E-state index contributed by atoms with van der Waals surface area (Å²) in [5, 5.41) is 15.9. The number of rotatable bonds is 10. The lowest BCUT2D eigenvalue weighted by Gasteiger charge is -2.13. The number of pyridine rings is 1. The minimum absolute atomic E-state index is 0.0519. The molecule has 156 valence electrons. The molecule has 1 atom stereocenters. The van der Waals surface area contributed by atoms with Gasteiger partial charge in [0.1, 0.15) is 23.8 Å². The predicted molar refractivity (Wildman–Crippen MR) is 109 cm³/mol. The van der Waals surface area contributed by atoms with Crippen LogP contribution in [-0.2, 0) is 17.8 Å². The summed E-state index contributed by atoms with van der Waals surface area (Å²) in [6.45, 7) is 1.87. The molecule has 2 heterocycles. The number of hydrogen-bond acceptors (Lipinski definition) is 9. The third-order valence-electron chi connectivity index (χ3n) is 4.16. The van der Waals surface area contributed by atoms with Gasteiger partial charge in [0, 0.05) is 0 Å². The molecule has 11 heteroatoms. The smallest absolute Gasteiger partial charge is 0.374 e. The van der Waals surface area contributed by atoms with E-state index in [-0.39, 0.29) is 18.1 Å². The molecular formula is C19H22BN5O5. The number of methoxy groups -OCH3 is 1. The van der Waals surface area contributed by atoms with Gasteiger partial charge in [-0.05, 0) is 36.7 Å². The minimum atomic E-state index is -0.906. The Morgan fingerprint density at radius 2 is 2.00 bits per heavy atom. The van der Waals surface area contributed by atoms with E-state index in [1.165, 1.54) is 6.82 Å². The number of nitrogens with zero attached hydrogens (tertiary/aromatic N) is 3. The summed E-state index contributed by atoms with van der Waals surface area (Å²) in [5.74, 6) is 1.21. The molecule has 30 heavy (non-hydrogen) atoms. The standard InChI is InChI=1S/C19H22BN5O5/c1-20(27)24-16(18(21)26)9-17-23-19(25-30-17)15-8-7-14(10-22-15)29-11-12-3-5-13(28-2)6-4-12/h3-8,10,16,24,27H,9,11H2,1-2H3,(H2,21,26). The molecule has 0 radical (unpaired) electrons. The van der Waals surface area contributed by atoms with Gasteiger partial charge in [-0.15, -0.1) is 0 Å². The van der Waals surface area contributed by atoms with Crippen LogP contribution in [0.2, 0.25) is 6.82 Å². The Bertz CT molecular complexity index is 962. The van der Waals surface area contributed by atoms with Gasteiger partial charge in [0.05, 0.1) is 25.8 Å². The van der Waals surface area contributed by atoms with E-state index in [1.54, 1.807) is 25.4 Å². The summed E-state index contributed by atoms with van der Waals surface area (Å²) in [5.41, 5.74) is 6.80. The number of nitrogens with one attached hydrogen (secondary N) is 1. The Morgan fingerprint density at radius 3 is 2.60 bits per heavy atom. The Morgan fingerprint density at radius 1 is 1.27 bits per heavy atom. The fourth-order valence-corrected chi connectivity index (χ4v) is 2.64. The molecule has 0 fully saturated rings. The van der Waals surface area contributed by atoms with E-state index in [1.807, 2.05) is 24.3 Å². The number of benzene rings is 1. The Hall–Kier alpha value is -3.44. The molecule has 0 saturated carbocycles. The molecule has 0 aliphatic rings. The van der Waals surface area contributed by atoms with Gasteiger partial charge in [-0.25, -0.2) is 4.98 Å². The molecule has 2 aromatic heterocycles. The summed E-state index contributed by atoms with van der Waals surface area (Å²) in [4.78, 5) is 20.0. The van der Waals surface area contributed by atoms with Crippen molar-refractivity contribution >= 4 is 13.0 Å². The summed E-state index contributed by atoms with van der Waals surface area (Å²) in [6, 6.07) is 10.2. The second-order valence-electron chi connectivity index (χ2n) is 6.53. The van der Waals surface area contributed by atoms with Crippen molar-refractivity contribution in [2.75, 3.05) is 7.11 Å². The van der Waals surface area contributed by atoms with Gasteiger partial charge < -0.3 is 30.0 Å². The summed E-state index contributed by atoms with van der Waals surface area (Å²) in [6.07, 6.45) is 1.62. The van der Waals surface area contributed by atoms with Crippen molar-refractivity contribution in [3.8, 4) is 23.0 Å². The van der Waals surface area contributed by atoms with Crippen molar-refractivity contribution in [2.24, 2.45) is 5.73 Å². The van der Waals surface area contributed by atoms with Crippen LogP contribution in [0.25, 0.3) is 11.5 Å². The maximum absolute atomic E-state index is 11.5. The molecule has 0 aliphatic heterocycles. The topological polar surface area (TPSA) is 146 Å². The van der Waals surface area contributed by atoms with Crippen molar-refractivity contribution in [2.45, 2.75) is 25.9 Å². The Balaban J connectivity index is 1.60. The van der Waals surface area contributed by atoms with Gasteiger partial charge in [-0.3, -0.25) is 4.79 Å². The summed E-state index contributed by atoms with van der Waals surface area (Å²) in [7, 11) is 0.713. The first-order valence-corrected chi connectivity index (χ1v) is 9.22. The molecular weight excluding hydrogens is 389 g/mol. The van der Waals surface area contributed by atoms with E-state index in [4.69, 9.17) is 19.7 Å². The number of amides is 1. The van der Waals surface area contributed by atoms with Crippen LogP contribution in [0, 0.1) is 0 Å². The van der Waals surface area contributed by atoms with Gasteiger partial charge >= 0.3 is 7.05 Å². The molecule has 3 rings (SSSR count). The van der Waals surface area contributed by atoms with Gasteiger partial charge in [-0.2, -0.15) is 4.98 Å². The molecule has 1 unspecified atom stereocenters. The van der Waals surface area contributed by atoms with E-state index in [0.717, 1.165) is 11.3 Å². The maximum atomic E-state index is 11.5. The van der Waals surface area contributed by atoms with Crippen molar-refractivity contribution in [3.63, 3.8) is 0 Å². The highest BCUT2D eigenvalue weighted by molar-refractivity contribution is 6.46. The van der Waals surface area contributed by atoms with Gasteiger partial charge in [-0.1, -0.05) is 17.3 Å². The van der Waals surface area contributed by atoms with Crippen LogP contribution in [0.15, 0.2) is 47.1 Å². The highest BCUT2D eigenvalue weighted by Crippen LogP contribution is 2.19. The zero-order valence-electron chi connectivity index (χ0n) is 16.6. The lowest BCUT2D eigenvalue weighted by Crippen LogP contribution is -2.49. The Labute approximate surface area is 173 Å². The average molecular weight is 411 g/mol. The monoisotopic (exact) mass is 411 g/mol. The SMILES string of the molecule is COc1ccc(COc2ccc(-c3noc(CC(NB(C)O)C(N)=O)n3)nc2)cc1. The molecule has 0 aliphatic carbocycles. The number of carbonyl (C=O) groups excluding carboxylic acids is 1. The highest BCUT2D eigenvalue weighted by Gasteiger charge is 2.22. The van der Waals surface area contributed by atoms with E-state index in [9.17, 15) is 9.82 Å². The number of nitrogens with two attached hydrogens (primary N) is 1. The second-order valence-corrected chi connectivity index (χ2v) is 6.53. The van der Waals surface area contributed by atoms with Crippen LogP contribution in [-0.4, -0.2) is 46.3 Å². The molecule has 0 saturated heterocycles. The number of ether oxygens (including phenoxy) is 2. The summed E-state index contributed by atoms with van der Waals surface area (Å²) < 4.78 is 16.0. The van der Waals surface area contributed by atoms with Crippen LogP contribution < -0.4 is 20.4 Å². The van der Waals surface area contributed by atoms with E-state index >= 15 is 0 Å². The molecule has 1 amide bonds. The van der Waals surface area contributed by atoms with Crippen molar-refractivity contribution in [3.05, 3.63) is 54.0 Å². The first-order chi connectivity index (χ1) is 14.4. The van der Waals surface area contributed by atoms with Gasteiger partial charge in [0.15, 0.2) is 0 Å². The molecule has 10 nitrogen and oxygen atoms in total. The third-order valence-corrected chi connectivity index (χ3v) is 4.16. The maximum Gasteiger partial charge on any atom is 0.374 e. The fourth-order valence-electron chi connectivity index (χ4n) is 2.64. The largest absolute Gasteiger partial charge is 0.497 e. The van der Waals surface area contributed by atoms with Gasteiger partial charge in [0.2, 0.25) is 17.6 Å². The van der Waals surface area contributed by atoms with E-state index in [0.29, 0.717) is 18.1 Å². The van der Waals surface area contributed by atoms with Crippen molar-refractivity contribution in [1.29, 1.82) is 0 Å². The van der Waals surface area contributed by atoms with Crippen LogP contribution in [0.3, 0.4) is 0 Å². The van der Waals surface area contributed by atoms with E-state index in [2.05, 4.69) is 20.4 Å². The molecule has 1 aromatic carbocycles. The van der Waals surface area contributed by atoms with Crippen molar-refractivity contribution in [1.82, 2.24) is 20.4 Å². The molecule has 3 aromatic rings. The zero-order valence-corrected chi connectivity index (χ0v) is 16.6. The molecule has 4 N–H and O–H groups in total. The quantitative estimate of drug-likeness (QED) is 0.413. The van der Waals surface area contributed by atoms with E-state index < -0.39 is 19.0 Å². The van der Waals surface area contributed by atoms with Crippen molar-refractivity contribution < 1.29 is 23.8 Å². The fraction of sp³-hybridized carbons (Fsp3) is 0.263.